The van der Waals surface area contributed by atoms with E-state index < -0.39 is 24.5 Å². The summed E-state index contributed by atoms with van der Waals surface area (Å²) >= 11 is 0. The van der Waals surface area contributed by atoms with E-state index in [1.165, 1.54) is 51.4 Å². The molecule has 2 unspecified atom stereocenters. The van der Waals surface area contributed by atoms with Crippen LogP contribution in [0.1, 0.15) is 155 Å². The summed E-state index contributed by atoms with van der Waals surface area (Å²) in [5.74, 6) is -2.42. The maximum atomic E-state index is 12.6. The average Bonchev–Trinajstić information content (AvgIpc) is 3.05. The van der Waals surface area contributed by atoms with Gasteiger partial charge in [0.05, 0.1) is 13.2 Å². The summed E-state index contributed by atoms with van der Waals surface area (Å²) in [6, 6.07) is -1.39. The molecular formula is C38H66N2O7. The van der Waals surface area contributed by atoms with Gasteiger partial charge in [0.15, 0.2) is 0 Å². The number of hydrogen-bond donors (Lipinski definition) is 4. The first-order chi connectivity index (χ1) is 22.8. The summed E-state index contributed by atoms with van der Waals surface area (Å²) in [6.07, 6.45) is 34.9. The van der Waals surface area contributed by atoms with Crippen LogP contribution in [0.25, 0.3) is 0 Å². The Bertz CT molecular complexity index is 900. The van der Waals surface area contributed by atoms with Crippen molar-refractivity contribution in [1.29, 1.82) is 0 Å². The predicted octanol–water partition coefficient (Wildman–Crippen LogP) is 7.87. The van der Waals surface area contributed by atoms with Crippen molar-refractivity contribution < 1.29 is 34.1 Å². The number of carbonyl (C=O) groups is 4. The Morgan fingerprint density at radius 3 is 1.83 bits per heavy atom. The average molecular weight is 663 g/mol. The number of allylic oxidation sites excluding steroid dienone is 5. The van der Waals surface area contributed by atoms with Gasteiger partial charge in [-0.3, -0.25) is 14.4 Å². The van der Waals surface area contributed by atoms with Crippen molar-refractivity contribution in [2.75, 3.05) is 13.2 Å². The van der Waals surface area contributed by atoms with Crippen LogP contribution >= 0.6 is 0 Å². The number of carboxylic acid groups (broad SMARTS) is 1. The Kier molecular flexibility index (Phi) is 30.9. The van der Waals surface area contributed by atoms with E-state index >= 15 is 0 Å². The van der Waals surface area contributed by atoms with Gasteiger partial charge in [-0.1, -0.05) is 102 Å². The molecule has 270 valence electrons. The van der Waals surface area contributed by atoms with Gasteiger partial charge in [-0.05, 0) is 76.7 Å². The Morgan fingerprint density at radius 1 is 0.660 bits per heavy atom. The van der Waals surface area contributed by atoms with E-state index in [0.29, 0.717) is 12.8 Å². The molecule has 0 aliphatic rings. The number of carboxylic acids is 1. The second-order valence-electron chi connectivity index (χ2n) is 12.3. The van der Waals surface area contributed by atoms with Crippen LogP contribution in [0.4, 0.5) is 0 Å². The molecule has 0 saturated heterocycles. The van der Waals surface area contributed by atoms with Gasteiger partial charge in [-0.2, -0.15) is 0 Å². The number of amides is 2. The summed E-state index contributed by atoms with van der Waals surface area (Å²) in [6.45, 7) is 3.35. The third kappa shape index (κ3) is 30.2. The maximum absolute atomic E-state index is 12.6. The van der Waals surface area contributed by atoms with Crippen LogP contribution in [-0.2, 0) is 23.9 Å². The quantitative estimate of drug-likeness (QED) is 0.0326. The monoisotopic (exact) mass is 662 g/mol. The minimum Gasteiger partial charge on any atom is -0.480 e. The van der Waals surface area contributed by atoms with Crippen LogP contribution < -0.4 is 10.6 Å². The predicted molar refractivity (Wildman–Crippen MR) is 190 cm³/mol. The van der Waals surface area contributed by atoms with E-state index in [1.54, 1.807) is 0 Å². The third-order valence-electron chi connectivity index (χ3n) is 7.84. The highest BCUT2D eigenvalue weighted by atomic mass is 16.5. The molecule has 0 aliphatic carbocycles. The molecule has 0 aromatic carbocycles. The fourth-order valence-electron chi connectivity index (χ4n) is 4.95. The van der Waals surface area contributed by atoms with Crippen LogP contribution in [0.2, 0.25) is 0 Å². The van der Waals surface area contributed by atoms with Crippen molar-refractivity contribution in [2.45, 2.75) is 167 Å². The lowest BCUT2D eigenvalue weighted by Gasteiger charge is -2.15. The summed E-state index contributed by atoms with van der Waals surface area (Å²) in [4.78, 5) is 47.2. The SMILES string of the molecule is CCCCC/C=C\C/C=C\CCCCCCCC(=O)OC(/C=C\CCCCC)CCCCCCC(=O)NCC(=O)NC(CO)C(=O)O. The van der Waals surface area contributed by atoms with Gasteiger partial charge >= 0.3 is 11.9 Å². The lowest BCUT2D eigenvalue weighted by atomic mass is 10.1. The van der Waals surface area contributed by atoms with Gasteiger partial charge in [0.25, 0.3) is 0 Å². The second kappa shape index (κ2) is 33.0. The number of nitrogens with one attached hydrogen (secondary N) is 2. The third-order valence-corrected chi connectivity index (χ3v) is 7.84. The molecule has 0 spiro atoms. The van der Waals surface area contributed by atoms with Crippen LogP contribution in [0, 0.1) is 0 Å². The minimum absolute atomic E-state index is 0.131. The van der Waals surface area contributed by atoms with Gasteiger partial charge in [0.1, 0.15) is 12.1 Å². The summed E-state index contributed by atoms with van der Waals surface area (Å²) in [7, 11) is 0. The van der Waals surface area contributed by atoms with Gasteiger partial charge in [0, 0.05) is 12.8 Å². The molecule has 47 heavy (non-hydrogen) atoms. The zero-order chi connectivity index (χ0) is 34.8. The molecule has 0 saturated carbocycles. The van der Waals surface area contributed by atoms with Crippen molar-refractivity contribution in [3.05, 3.63) is 36.5 Å². The van der Waals surface area contributed by atoms with Crippen LogP contribution in [-0.4, -0.2) is 59.3 Å². The zero-order valence-electron chi connectivity index (χ0n) is 29.5. The number of carbonyl (C=O) groups excluding carboxylic acids is 3. The number of aliphatic carboxylic acids is 1. The molecule has 0 aliphatic heterocycles. The van der Waals surface area contributed by atoms with E-state index in [1.807, 2.05) is 6.08 Å². The molecule has 9 heteroatoms. The molecular weight excluding hydrogens is 596 g/mol. The van der Waals surface area contributed by atoms with E-state index in [2.05, 4.69) is 54.9 Å². The van der Waals surface area contributed by atoms with Crippen LogP contribution in [0.15, 0.2) is 36.5 Å². The Labute approximate surface area is 285 Å². The number of ether oxygens (including phenoxy) is 1. The Morgan fingerprint density at radius 2 is 1.21 bits per heavy atom. The highest BCUT2D eigenvalue weighted by molar-refractivity contribution is 5.87. The van der Waals surface area contributed by atoms with Gasteiger partial charge in [-0.15, -0.1) is 0 Å². The number of hydrogen-bond acceptors (Lipinski definition) is 6. The number of aliphatic hydroxyl groups is 1. The molecule has 0 aromatic rings. The van der Waals surface area contributed by atoms with Crippen LogP contribution in [0.3, 0.4) is 0 Å². The standard InChI is InChI=1S/C38H66N2O7/c1-3-5-7-9-10-11-12-13-14-15-16-17-18-20-26-30-37(44)47-33(27-23-19-8-6-4-2)28-24-21-22-25-29-35(42)39-31-36(43)40-34(32-41)38(45)46/h10-11,13-14,23,27,33-34,41H,3-9,12,15-22,24-26,28-32H2,1-2H3,(H,39,42)(H,40,43)(H,45,46)/b11-10-,14-13-,27-23-. The maximum Gasteiger partial charge on any atom is 0.328 e. The van der Waals surface area contributed by atoms with E-state index in [9.17, 15) is 19.2 Å². The largest absolute Gasteiger partial charge is 0.480 e. The first kappa shape index (κ1) is 44.1. The van der Waals surface area contributed by atoms with Crippen LogP contribution in [0.5, 0.6) is 0 Å². The molecule has 0 rings (SSSR count). The molecule has 9 nitrogen and oxygen atoms in total. The highest BCUT2D eigenvalue weighted by Gasteiger charge is 2.18. The van der Waals surface area contributed by atoms with E-state index in [4.69, 9.17) is 14.9 Å². The molecule has 0 heterocycles. The molecule has 0 aromatic heterocycles. The highest BCUT2D eigenvalue weighted by Crippen LogP contribution is 2.14. The molecule has 4 N–H and O–H groups in total. The molecule has 0 fully saturated rings. The topological polar surface area (TPSA) is 142 Å². The smallest absolute Gasteiger partial charge is 0.328 e. The van der Waals surface area contributed by atoms with Crippen molar-refractivity contribution in [1.82, 2.24) is 10.6 Å². The lowest BCUT2D eigenvalue weighted by Crippen LogP contribution is -2.47. The number of esters is 1. The van der Waals surface area contributed by atoms with E-state index in [0.717, 1.165) is 70.6 Å². The molecule has 2 amide bonds. The fraction of sp³-hybridized carbons (Fsp3) is 0.737. The van der Waals surface area contributed by atoms with Gasteiger partial charge < -0.3 is 25.6 Å². The van der Waals surface area contributed by atoms with Gasteiger partial charge in [-0.25, -0.2) is 4.79 Å². The van der Waals surface area contributed by atoms with Crippen molar-refractivity contribution in [2.24, 2.45) is 0 Å². The Hall–Kier alpha value is -2.94. The van der Waals surface area contributed by atoms with E-state index in [-0.39, 0.29) is 30.9 Å². The molecule has 0 bridgehead atoms. The molecule has 2 atom stereocenters. The first-order valence-corrected chi connectivity index (χ1v) is 18.4. The number of unbranched alkanes of at least 4 members (excludes halogenated alkanes) is 14. The fourth-order valence-corrected chi connectivity index (χ4v) is 4.95. The first-order valence-electron chi connectivity index (χ1n) is 18.4. The van der Waals surface area contributed by atoms with Crippen molar-refractivity contribution >= 4 is 23.8 Å². The Balaban J connectivity index is 4.18. The number of aliphatic hydroxyl groups excluding tert-OH is 1. The van der Waals surface area contributed by atoms with Crippen molar-refractivity contribution in [3.63, 3.8) is 0 Å². The summed E-state index contributed by atoms with van der Waals surface area (Å²) in [5, 5.41) is 22.4. The second-order valence-corrected chi connectivity index (χ2v) is 12.3. The summed E-state index contributed by atoms with van der Waals surface area (Å²) in [5.41, 5.74) is 0. The minimum atomic E-state index is -1.39. The lowest BCUT2D eigenvalue weighted by molar-refractivity contribution is -0.147. The van der Waals surface area contributed by atoms with Crippen molar-refractivity contribution in [3.8, 4) is 0 Å². The molecule has 0 radical (unpaired) electrons. The zero-order valence-corrected chi connectivity index (χ0v) is 29.5. The number of rotatable bonds is 32. The summed E-state index contributed by atoms with van der Waals surface area (Å²) < 4.78 is 5.83. The van der Waals surface area contributed by atoms with Gasteiger partial charge in [0.2, 0.25) is 11.8 Å². The normalized spacial score (nSPS) is 12.9.